The molecule has 102 valence electrons. The second kappa shape index (κ2) is 5.27. The standard InChI is InChI=1S/C13H17N3O3/c1-13(2,14)12-15-11(19-16-12)8-18-10-6-4-5-9(7-10)17-3/h4-7H,8,14H2,1-3H3. The molecule has 6 heteroatoms. The van der Waals surface area contributed by atoms with Crippen molar-refractivity contribution in [1.29, 1.82) is 0 Å². The first kappa shape index (κ1) is 13.4. The molecule has 0 unspecified atom stereocenters. The van der Waals surface area contributed by atoms with Crippen LogP contribution in [0.25, 0.3) is 0 Å². The second-order valence-corrected chi connectivity index (χ2v) is 4.70. The monoisotopic (exact) mass is 263 g/mol. The van der Waals surface area contributed by atoms with Gasteiger partial charge in [0.15, 0.2) is 12.4 Å². The molecule has 0 bridgehead atoms. The van der Waals surface area contributed by atoms with Crippen LogP contribution in [0, 0.1) is 0 Å². The number of nitrogens with two attached hydrogens (primary N) is 1. The van der Waals surface area contributed by atoms with Crippen LogP contribution in [0.3, 0.4) is 0 Å². The lowest BCUT2D eigenvalue weighted by atomic mass is 10.1. The number of benzene rings is 1. The number of hydrogen-bond acceptors (Lipinski definition) is 6. The Bertz CT molecular complexity index is 546. The molecule has 0 atom stereocenters. The van der Waals surface area contributed by atoms with E-state index < -0.39 is 5.54 Å². The van der Waals surface area contributed by atoms with E-state index in [1.165, 1.54) is 0 Å². The zero-order chi connectivity index (χ0) is 13.9. The van der Waals surface area contributed by atoms with Gasteiger partial charge in [-0.3, -0.25) is 0 Å². The van der Waals surface area contributed by atoms with E-state index in [1.54, 1.807) is 13.2 Å². The summed E-state index contributed by atoms with van der Waals surface area (Å²) < 4.78 is 15.7. The Hall–Kier alpha value is -2.08. The fourth-order valence-electron chi connectivity index (χ4n) is 1.41. The predicted octanol–water partition coefficient (Wildman–Crippen LogP) is 1.85. The molecule has 2 N–H and O–H groups in total. The fourth-order valence-corrected chi connectivity index (χ4v) is 1.41. The molecule has 0 spiro atoms. The Balaban J connectivity index is 2.00. The topological polar surface area (TPSA) is 83.4 Å². The molecule has 0 saturated heterocycles. The molecule has 1 aromatic heterocycles. The first-order valence-corrected chi connectivity index (χ1v) is 5.88. The Kier molecular flexibility index (Phi) is 3.71. The summed E-state index contributed by atoms with van der Waals surface area (Å²) >= 11 is 0. The summed E-state index contributed by atoms with van der Waals surface area (Å²) in [4.78, 5) is 4.18. The largest absolute Gasteiger partial charge is 0.497 e. The van der Waals surface area contributed by atoms with E-state index in [1.807, 2.05) is 32.0 Å². The van der Waals surface area contributed by atoms with Crippen molar-refractivity contribution < 1.29 is 14.0 Å². The van der Waals surface area contributed by atoms with E-state index >= 15 is 0 Å². The van der Waals surface area contributed by atoms with Crippen molar-refractivity contribution in [2.75, 3.05) is 7.11 Å². The molecule has 0 radical (unpaired) electrons. The number of ether oxygens (including phenoxy) is 2. The van der Waals surface area contributed by atoms with Crippen molar-refractivity contribution >= 4 is 0 Å². The Morgan fingerprint density at radius 3 is 2.68 bits per heavy atom. The zero-order valence-corrected chi connectivity index (χ0v) is 11.2. The highest BCUT2D eigenvalue weighted by molar-refractivity contribution is 5.32. The van der Waals surface area contributed by atoms with Crippen molar-refractivity contribution in [2.24, 2.45) is 5.73 Å². The third-order valence-electron chi connectivity index (χ3n) is 2.45. The molecule has 6 nitrogen and oxygen atoms in total. The number of methoxy groups -OCH3 is 1. The van der Waals surface area contributed by atoms with E-state index in [-0.39, 0.29) is 6.61 Å². The molecule has 19 heavy (non-hydrogen) atoms. The van der Waals surface area contributed by atoms with Gasteiger partial charge in [0, 0.05) is 6.07 Å². The number of nitrogens with zero attached hydrogens (tertiary/aromatic N) is 2. The minimum absolute atomic E-state index is 0.191. The lowest BCUT2D eigenvalue weighted by Crippen LogP contribution is -2.30. The molecule has 2 rings (SSSR count). The van der Waals surface area contributed by atoms with Gasteiger partial charge in [0.05, 0.1) is 12.6 Å². The SMILES string of the molecule is COc1cccc(OCc2nc(C(C)(C)N)no2)c1. The molecule has 0 saturated carbocycles. The van der Waals surface area contributed by atoms with Gasteiger partial charge in [-0.05, 0) is 26.0 Å². The average molecular weight is 263 g/mol. The summed E-state index contributed by atoms with van der Waals surface area (Å²) in [5.41, 5.74) is 5.25. The van der Waals surface area contributed by atoms with Crippen LogP contribution in [0.1, 0.15) is 25.6 Å². The van der Waals surface area contributed by atoms with Crippen LogP contribution in [0.4, 0.5) is 0 Å². The van der Waals surface area contributed by atoms with E-state index in [9.17, 15) is 0 Å². The lowest BCUT2D eigenvalue weighted by molar-refractivity contribution is 0.241. The third kappa shape index (κ3) is 3.45. The predicted molar refractivity (Wildman–Crippen MR) is 68.8 cm³/mol. The van der Waals surface area contributed by atoms with Gasteiger partial charge in [-0.25, -0.2) is 0 Å². The summed E-state index contributed by atoms with van der Waals surface area (Å²) in [6.45, 7) is 3.81. The van der Waals surface area contributed by atoms with Crippen LogP contribution in [0.15, 0.2) is 28.8 Å². The zero-order valence-electron chi connectivity index (χ0n) is 11.2. The first-order valence-electron chi connectivity index (χ1n) is 5.88. The average Bonchev–Trinajstić information content (AvgIpc) is 2.85. The van der Waals surface area contributed by atoms with Crippen LogP contribution in [-0.2, 0) is 12.1 Å². The molecule has 0 aliphatic carbocycles. The molecular formula is C13H17N3O3. The fraction of sp³-hybridized carbons (Fsp3) is 0.385. The molecule has 1 aromatic carbocycles. The molecule has 0 fully saturated rings. The number of hydrogen-bond donors (Lipinski definition) is 1. The van der Waals surface area contributed by atoms with E-state index in [4.69, 9.17) is 19.7 Å². The Labute approximate surface area is 111 Å². The minimum Gasteiger partial charge on any atom is -0.497 e. The van der Waals surface area contributed by atoms with Crippen molar-refractivity contribution in [1.82, 2.24) is 10.1 Å². The molecular weight excluding hydrogens is 246 g/mol. The van der Waals surface area contributed by atoms with Crippen molar-refractivity contribution in [2.45, 2.75) is 26.0 Å². The first-order chi connectivity index (χ1) is 8.99. The van der Waals surface area contributed by atoms with Gasteiger partial charge in [0.1, 0.15) is 11.5 Å². The summed E-state index contributed by atoms with van der Waals surface area (Å²) in [6.07, 6.45) is 0. The number of rotatable bonds is 5. The molecule has 1 heterocycles. The van der Waals surface area contributed by atoms with Gasteiger partial charge >= 0.3 is 0 Å². The lowest BCUT2D eigenvalue weighted by Gasteiger charge is -2.11. The molecule has 2 aromatic rings. The summed E-state index contributed by atoms with van der Waals surface area (Å²) in [7, 11) is 1.60. The van der Waals surface area contributed by atoms with Gasteiger partial charge in [-0.1, -0.05) is 11.2 Å². The molecule has 0 aliphatic heterocycles. The van der Waals surface area contributed by atoms with E-state index in [2.05, 4.69) is 10.1 Å². The van der Waals surface area contributed by atoms with Gasteiger partial charge in [-0.2, -0.15) is 4.98 Å². The third-order valence-corrected chi connectivity index (χ3v) is 2.45. The highest BCUT2D eigenvalue weighted by Gasteiger charge is 2.21. The molecule has 0 aliphatic rings. The summed E-state index contributed by atoms with van der Waals surface area (Å²) in [5, 5.41) is 3.82. The maximum atomic E-state index is 5.87. The Morgan fingerprint density at radius 1 is 1.32 bits per heavy atom. The van der Waals surface area contributed by atoms with E-state index in [0.29, 0.717) is 17.5 Å². The maximum absolute atomic E-state index is 5.87. The normalized spacial score (nSPS) is 11.4. The van der Waals surface area contributed by atoms with Crippen molar-refractivity contribution in [3.63, 3.8) is 0 Å². The van der Waals surface area contributed by atoms with Crippen molar-refractivity contribution in [3.05, 3.63) is 36.0 Å². The van der Waals surface area contributed by atoms with Gasteiger partial charge in [0.25, 0.3) is 5.89 Å². The number of aromatic nitrogens is 2. The van der Waals surface area contributed by atoms with E-state index in [0.717, 1.165) is 5.75 Å². The minimum atomic E-state index is -0.627. The van der Waals surface area contributed by atoms with Crippen LogP contribution in [0.2, 0.25) is 0 Å². The van der Waals surface area contributed by atoms with Gasteiger partial charge in [0.2, 0.25) is 0 Å². The smallest absolute Gasteiger partial charge is 0.264 e. The van der Waals surface area contributed by atoms with Gasteiger partial charge < -0.3 is 19.7 Å². The Morgan fingerprint density at radius 2 is 2.05 bits per heavy atom. The van der Waals surface area contributed by atoms with Crippen LogP contribution >= 0.6 is 0 Å². The second-order valence-electron chi connectivity index (χ2n) is 4.70. The highest BCUT2D eigenvalue weighted by atomic mass is 16.5. The quantitative estimate of drug-likeness (QED) is 0.886. The van der Waals surface area contributed by atoms with Crippen LogP contribution in [-0.4, -0.2) is 17.3 Å². The van der Waals surface area contributed by atoms with Crippen molar-refractivity contribution in [3.8, 4) is 11.5 Å². The van der Waals surface area contributed by atoms with Gasteiger partial charge in [-0.15, -0.1) is 0 Å². The van der Waals surface area contributed by atoms with Crippen LogP contribution in [0.5, 0.6) is 11.5 Å². The highest BCUT2D eigenvalue weighted by Crippen LogP contribution is 2.20. The maximum Gasteiger partial charge on any atom is 0.264 e. The van der Waals surface area contributed by atoms with Crippen LogP contribution < -0.4 is 15.2 Å². The summed E-state index contributed by atoms with van der Waals surface area (Å²) in [6, 6.07) is 7.29. The summed E-state index contributed by atoms with van der Waals surface area (Å²) in [5.74, 6) is 2.24. The molecule has 0 amide bonds.